The number of Topliss-reactive ketones (excluding diaryl/α,β-unsaturated/α-hetero) is 1. The number of anilines is 3. The van der Waals surface area contributed by atoms with Gasteiger partial charge < -0.3 is 10.2 Å². The lowest BCUT2D eigenvalue weighted by atomic mass is 10.1. The van der Waals surface area contributed by atoms with E-state index >= 15 is 0 Å². The minimum atomic E-state index is -0.210. The Bertz CT molecular complexity index is 1360. The van der Waals surface area contributed by atoms with Crippen molar-refractivity contribution in [2.45, 2.75) is 20.3 Å². The lowest BCUT2D eigenvalue weighted by Crippen LogP contribution is -2.15. The van der Waals surface area contributed by atoms with Crippen LogP contribution in [0.2, 0.25) is 0 Å². The SMILES string of the molecule is CC(=O)c1cccc(NC(=O)c2ccc(N3CCc4cc5ccc(C)cc5nc43)cc2)c1. The molecule has 0 saturated heterocycles. The molecule has 5 heteroatoms. The average molecular weight is 422 g/mol. The second-order valence-electron chi connectivity index (χ2n) is 8.21. The molecule has 0 radical (unpaired) electrons. The monoisotopic (exact) mass is 421 g/mol. The molecule has 0 fully saturated rings. The quantitative estimate of drug-likeness (QED) is 0.430. The molecule has 3 aromatic carbocycles. The number of nitrogens with zero attached hydrogens (tertiary/aromatic N) is 2. The summed E-state index contributed by atoms with van der Waals surface area (Å²) in [6, 6.07) is 23.1. The lowest BCUT2D eigenvalue weighted by molar-refractivity contribution is 0.101. The van der Waals surface area contributed by atoms with E-state index in [0.717, 1.165) is 35.4 Å². The fraction of sp³-hybridized carbons (Fsp3) is 0.148. The molecule has 1 aliphatic rings. The zero-order chi connectivity index (χ0) is 22.2. The maximum absolute atomic E-state index is 12.7. The number of benzene rings is 3. The van der Waals surface area contributed by atoms with E-state index in [1.165, 1.54) is 18.1 Å². The van der Waals surface area contributed by atoms with Gasteiger partial charge in [-0.25, -0.2) is 4.98 Å². The molecule has 0 atom stereocenters. The van der Waals surface area contributed by atoms with E-state index in [1.807, 2.05) is 24.3 Å². The fourth-order valence-electron chi connectivity index (χ4n) is 4.13. The van der Waals surface area contributed by atoms with Crippen LogP contribution in [0.5, 0.6) is 0 Å². The maximum Gasteiger partial charge on any atom is 0.255 e. The second-order valence-corrected chi connectivity index (χ2v) is 8.21. The highest BCUT2D eigenvalue weighted by molar-refractivity contribution is 6.05. The van der Waals surface area contributed by atoms with Crippen molar-refractivity contribution in [1.82, 2.24) is 4.98 Å². The Hall–Kier alpha value is -3.99. The van der Waals surface area contributed by atoms with Crippen LogP contribution in [-0.4, -0.2) is 23.2 Å². The van der Waals surface area contributed by atoms with Crippen molar-refractivity contribution in [3.63, 3.8) is 0 Å². The summed E-state index contributed by atoms with van der Waals surface area (Å²) in [5, 5.41) is 4.03. The van der Waals surface area contributed by atoms with Gasteiger partial charge in [-0.2, -0.15) is 0 Å². The largest absolute Gasteiger partial charge is 0.326 e. The van der Waals surface area contributed by atoms with Crippen molar-refractivity contribution in [3.8, 4) is 0 Å². The van der Waals surface area contributed by atoms with Crippen LogP contribution in [0.1, 0.15) is 38.8 Å². The molecule has 5 rings (SSSR count). The molecule has 0 saturated carbocycles. The van der Waals surface area contributed by atoms with Gasteiger partial charge in [0.2, 0.25) is 0 Å². The highest BCUT2D eigenvalue weighted by Crippen LogP contribution is 2.35. The second kappa shape index (κ2) is 7.93. The highest BCUT2D eigenvalue weighted by atomic mass is 16.1. The molecule has 0 aliphatic carbocycles. The van der Waals surface area contributed by atoms with Gasteiger partial charge in [-0.1, -0.05) is 24.3 Å². The Balaban J connectivity index is 1.37. The van der Waals surface area contributed by atoms with Gasteiger partial charge in [0.05, 0.1) is 5.52 Å². The van der Waals surface area contributed by atoms with E-state index in [1.54, 1.807) is 24.3 Å². The van der Waals surface area contributed by atoms with Crippen molar-refractivity contribution in [2.24, 2.45) is 0 Å². The number of hydrogen-bond donors (Lipinski definition) is 1. The molecular weight excluding hydrogens is 398 g/mol. The zero-order valence-electron chi connectivity index (χ0n) is 18.1. The molecule has 1 N–H and O–H groups in total. The molecule has 158 valence electrons. The Morgan fingerprint density at radius 1 is 0.938 bits per heavy atom. The van der Waals surface area contributed by atoms with Gasteiger partial charge in [0, 0.05) is 34.4 Å². The first-order valence-electron chi connectivity index (χ1n) is 10.7. The summed E-state index contributed by atoms with van der Waals surface area (Å²) in [6.07, 6.45) is 0.945. The summed E-state index contributed by atoms with van der Waals surface area (Å²) >= 11 is 0. The number of aromatic nitrogens is 1. The summed E-state index contributed by atoms with van der Waals surface area (Å²) in [5.41, 5.74) is 6.18. The number of aryl methyl sites for hydroxylation is 1. The maximum atomic E-state index is 12.7. The summed E-state index contributed by atoms with van der Waals surface area (Å²) in [5.74, 6) is 0.743. The first-order chi connectivity index (χ1) is 15.5. The lowest BCUT2D eigenvalue weighted by Gasteiger charge is -2.19. The summed E-state index contributed by atoms with van der Waals surface area (Å²) < 4.78 is 0. The first kappa shape index (κ1) is 19.9. The van der Waals surface area contributed by atoms with Gasteiger partial charge >= 0.3 is 0 Å². The number of carbonyl (C=O) groups excluding carboxylic acids is 2. The van der Waals surface area contributed by atoms with Crippen molar-refractivity contribution >= 4 is 39.8 Å². The van der Waals surface area contributed by atoms with Crippen LogP contribution in [0.15, 0.2) is 72.8 Å². The first-order valence-corrected chi connectivity index (χ1v) is 10.7. The van der Waals surface area contributed by atoms with Crippen LogP contribution in [0, 0.1) is 6.92 Å². The fourth-order valence-corrected chi connectivity index (χ4v) is 4.13. The standard InChI is InChI=1S/C27H23N3O2/c1-17-6-7-21-15-22-12-13-30(26(22)29-25(21)14-17)24-10-8-19(9-11-24)27(32)28-23-5-3-4-20(16-23)18(2)31/h3-11,14-16H,12-13H2,1-2H3,(H,28,32). The number of hydrogen-bond acceptors (Lipinski definition) is 4. The van der Waals surface area contributed by atoms with E-state index < -0.39 is 0 Å². The van der Waals surface area contributed by atoms with E-state index in [0.29, 0.717) is 16.8 Å². The summed E-state index contributed by atoms with van der Waals surface area (Å²) in [4.78, 5) is 31.4. The van der Waals surface area contributed by atoms with Crippen LogP contribution in [-0.2, 0) is 6.42 Å². The van der Waals surface area contributed by atoms with Crippen LogP contribution in [0.25, 0.3) is 10.9 Å². The average Bonchev–Trinajstić information content (AvgIpc) is 3.20. The summed E-state index contributed by atoms with van der Waals surface area (Å²) in [7, 11) is 0. The Morgan fingerprint density at radius 3 is 2.53 bits per heavy atom. The van der Waals surface area contributed by atoms with Gasteiger partial charge in [0.25, 0.3) is 5.91 Å². The Kier molecular flexibility index (Phi) is 4.94. The molecule has 0 unspecified atom stereocenters. The van der Waals surface area contributed by atoms with E-state index in [9.17, 15) is 9.59 Å². The third-order valence-corrected chi connectivity index (χ3v) is 5.86. The minimum absolute atomic E-state index is 0.0344. The van der Waals surface area contributed by atoms with Crippen molar-refractivity contribution in [2.75, 3.05) is 16.8 Å². The van der Waals surface area contributed by atoms with Crippen LogP contribution in [0.3, 0.4) is 0 Å². The molecule has 4 aromatic rings. The summed E-state index contributed by atoms with van der Waals surface area (Å²) in [6.45, 7) is 4.45. The van der Waals surface area contributed by atoms with Gasteiger partial charge in [0.15, 0.2) is 5.78 Å². The molecule has 1 aliphatic heterocycles. The minimum Gasteiger partial charge on any atom is -0.326 e. The number of carbonyl (C=O) groups is 2. The zero-order valence-corrected chi connectivity index (χ0v) is 18.1. The molecule has 32 heavy (non-hydrogen) atoms. The Labute approximate surface area is 186 Å². The number of ketones is 1. The third-order valence-electron chi connectivity index (χ3n) is 5.86. The predicted molar refractivity (Wildman–Crippen MR) is 128 cm³/mol. The van der Waals surface area contributed by atoms with Crippen LogP contribution < -0.4 is 10.2 Å². The van der Waals surface area contributed by atoms with Gasteiger partial charge in [-0.05, 0) is 79.9 Å². The van der Waals surface area contributed by atoms with Gasteiger partial charge in [-0.15, -0.1) is 0 Å². The predicted octanol–water partition coefficient (Wildman–Crippen LogP) is 5.69. The molecule has 2 heterocycles. The number of pyridine rings is 1. The van der Waals surface area contributed by atoms with Crippen molar-refractivity contribution in [1.29, 1.82) is 0 Å². The number of amides is 1. The molecule has 1 amide bonds. The van der Waals surface area contributed by atoms with Crippen molar-refractivity contribution in [3.05, 3.63) is 95.1 Å². The van der Waals surface area contributed by atoms with Crippen LogP contribution in [0.4, 0.5) is 17.2 Å². The molecule has 0 bridgehead atoms. The smallest absolute Gasteiger partial charge is 0.255 e. The molecule has 5 nitrogen and oxygen atoms in total. The molecular formula is C27H23N3O2. The van der Waals surface area contributed by atoms with Crippen molar-refractivity contribution < 1.29 is 9.59 Å². The number of fused-ring (bicyclic) bond motifs is 2. The highest BCUT2D eigenvalue weighted by Gasteiger charge is 2.23. The molecule has 1 aromatic heterocycles. The number of nitrogens with one attached hydrogen (secondary N) is 1. The van der Waals surface area contributed by atoms with E-state index in [2.05, 4.69) is 41.4 Å². The number of rotatable bonds is 4. The third kappa shape index (κ3) is 3.73. The van der Waals surface area contributed by atoms with Gasteiger partial charge in [0.1, 0.15) is 5.82 Å². The van der Waals surface area contributed by atoms with Gasteiger partial charge in [-0.3, -0.25) is 9.59 Å². The van der Waals surface area contributed by atoms with E-state index in [-0.39, 0.29) is 11.7 Å². The Morgan fingerprint density at radius 2 is 1.75 bits per heavy atom. The normalized spacial score (nSPS) is 12.6. The van der Waals surface area contributed by atoms with E-state index in [4.69, 9.17) is 4.98 Å². The molecule has 0 spiro atoms. The van der Waals surface area contributed by atoms with Crippen LogP contribution >= 0.6 is 0 Å². The topological polar surface area (TPSA) is 62.3 Å².